The molecule has 0 radical (unpaired) electrons. The van der Waals surface area contributed by atoms with E-state index >= 15 is 0 Å². The summed E-state index contributed by atoms with van der Waals surface area (Å²) in [5.41, 5.74) is -1.11. The monoisotopic (exact) mass is 420 g/mol. The van der Waals surface area contributed by atoms with Crippen molar-refractivity contribution in [3.63, 3.8) is 0 Å². The zero-order chi connectivity index (χ0) is 19.8. The molecule has 1 aliphatic heterocycles. The molecule has 0 aliphatic carbocycles. The van der Waals surface area contributed by atoms with E-state index in [1.807, 2.05) is 4.90 Å². The van der Waals surface area contributed by atoms with Crippen LogP contribution in [-0.4, -0.2) is 39.6 Å². The fraction of sp³-hybridized carbons (Fsp3) is 0.312. The molecule has 3 rings (SSSR count). The van der Waals surface area contributed by atoms with Crippen molar-refractivity contribution in [1.29, 1.82) is 0 Å². The summed E-state index contributed by atoms with van der Waals surface area (Å²) in [5, 5.41) is 5.43. The van der Waals surface area contributed by atoms with E-state index in [4.69, 9.17) is 16.7 Å². The molecular formula is C16H16ClF3N4O2S. The summed E-state index contributed by atoms with van der Waals surface area (Å²) in [7, 11) is -4.23. The van der Waals surface area contributed by atoms with E-state index in [2.05, 4.69) is 4.98 Å². The lowest BCUT2D eigenvalue weighted by atomic mass is 10.1. The van der Waals surface area contributed by atoms with Gasteiger partial charge in [-0.1, -0.05) is 11.6 Å². The lowest BCUT2D eigenvalue weighted by molar-refractivity contribution is -0.137. The number of aromatic nitrogens is 1. The quantitative estimate of drug-likeness (QED) is 0.826. The van der Waals surface area contributed by atoms with E-state index in [9.17, 15) is 21.6 Å². The number of rotatable bonds is 3. The van der Waals surface area contributed by atoms with Gasteiger partial charge in [0.25, 0.3) is 0 Å². The number of nitrogens with zero attached hydrogens (tertiary/aromatic N) is 3. The number of piperazine rings is 1. The minimum Gasteiger partial charge on any atom is -0.367 e. The molecule has 0 saturated carbocycles. The average molecular weight is 421 g/mol. The number of pyridine rings is 1. The van der Waals surface area contributed by atoms with Gasteiger partial charge in [-0.15, -0.1) is 0 Å². The third kappa shape index (κ3) is 4.28. The highest BCUT2D eigenvalue weighted by Crippen LogP contribution is 2.38. The Labute approximate surface area is 159 Å². The summed E-state index contributed by atoms with van der Waals surface area (Å²) in [4.78, 5) is 7.09. The highest BCUT2D eigenvalue weighted by Gasteiger charge is 2.36. The molecule has 1 aromatic carbocycles. The molecule has 0 spiro atoms. The van der Waals surface area contributed by atoms with E-state index in [0.717, 1.165) is 12.1 Å². The third-order valence-corrected chi connectivity index (χ3v) is 5.47. The van der Waals surface area contributed by atoms with Gasteiger partial charge < -0.3 is 9.80 Å². The number of nitrogens with two attached hydrogens (primary N) is 1. The summed E-state index contributed by atoms with van der Waals surface area (Å²) in [5.74, 6) is 0.583. The van der Waals surface area contributed by atoms with Gasteiger partial charge in [-0.3, -0.25) is 0 Å². The summed E-state index contributed by atoms with van der Waals surface area (Å²) in [6.45, 7) is 1.44. The molecule has 2 heterocycles. The van der Waals surface area contributed by atoms with Crippen molar-refractivity contribution in [2.45, 2.75) is 11.1 Å². The van der Waals surface area contributed by atoms with Crippen LogP contribution in [0.2, 0.25) is 5.02 Å². The molecule has 0 bridgehead atoms. The molecule has 146 valence electrons. The number of halogens is 4. The van der Waals surface area contributed by atoms with Gasteiger partial charge in [-0.25, -0.2) is 18.5 Å². The summed E-state index contributed by atoms with van der Waals surface area (Å²) in [6, 6.07) is 6.20. The van der Waals surface area contributed by atoms with E-state index in [1.54, 1.807) is 23.2 Å². The van der Waals surface area contributed by atoms with Crippen LogP contribution in [0.3, 0.4) is 0 Å². The minimum atomic E-state index is -4.71. The molecule has 11 heteroatoms. The van der Waals surface area contributed by atoms with Gasteiger partial charge in [0.05, 0.1) is 15.5 Å². The van der Waals surface area contributed by atoms with Gasteiger partial charge in [-0.2, -0.15) is 13.2 Å². The normalized spacial score (nSPS) is 15.9. The van der Waals surface area contributed by atoms with Crippen LogP contribution in [0.4, 0.5) is 24.7 Å². The van der Waals surface area contributed by atoms with Crippen LogP contribution < -0.4 is 14.9 Å². The lowest BCUT2D eigenvalue weighted by Crippen LogP contribution is -2.47. The maximum absolute atomic E-state index is 13.5. The minimum absolute atomic E-state index is 0.0818. The number of sulfonamides is 1. The average Bonchev–Trinajstić information content (AvgIpc) is 2.60. The predicted molar refractivity (Wildman–Crippen MR) is 96.5 cm³/mol. The maximum atomic E-state index is 13.5. The molecule has 2 N–H and O–H groups in total. The first-order chi connectivity index (χ1) is 12.6. The number of primary sulfonamides is 1. The smallest absolute Gasteiger partial charge is 0.367 e. The zero-order valence-electron chi connectivity index (χ0n) is 13.9. The van der Waals surface area contributed by atoms with Crippen LogP contribution in [0.1, 0.15) is 5.56 Å². The van der Waals surface area contributed by atoms with Crippen LogP contribution >= 0.6 is 11.6 Å². The van der Waals surface area contributed by atoms with Gasteiger partial charge in [0.15, 0.2) is 0 Å². The zero-order valence-corrected chi connectivity index (χ0v) is 15.5. The van der Waals surface area contributed by atoms with Crippen molar-refractivity contribution in [2.24, 2.45) is 5.14 Å². The Hall–Kier alpha value is -2.04. The van der Waals surface area contributed by atoms with E-state index in [1.165, 1.54) is 0 Å². The second kappa shape index (κ2) is 7.17. The Kier molecular flexibility index (Phi) is 5.24. The highest BCUT2D eigenvalue weighted by molar-refractivity contribution is 7.89. The van der Waals surface area contributed by atoms with Crippen molar-refractivity contribution in [3.05, 3.63) is 47.1 Å². The summed E-state index contributed by atoms with van der Waals surface area (Å²) in [6.07, 6.45) is -3.11. The van der Waals surface area contributed by atoms with Gasteiger partial charge in [-0.05, 0) is 30.3 Å². The van der Waals surface area contributed by atoms with Gasteiger partial charge in [0.1, 0.15) is 5.82 Å². The molecule has 0 atom stereocenters. The van der Waals surface area contributed by atoms with Crippen molar-refractivity contribution in [1.82, 2.24) is 4.98 Å². The second-order valence-electron chi connectivity index (χ2n) is 6.00. The van der Waals surface area contributed by atoms with E-state index in [0.29, 0.717) is 43.1 Å². The third-order valence-electron chi connectivity index (χ3n) is 4.26. The molecule has 1 fully saturated rings. The van der Waals surface area contributed by atoms with Crippen molar-refractivity contribution in [2.75, 3.05) is 36.0 Å². The number of alkyl halides is 3. The fourth-order valence-electron chi connectivity index (χ4n) is 2.96. The summed E-state index contributed by atoms with van der Waals surface area (Å²) >= 11 is 6.12. The Morgan fingerprint density at radius 2 is 1.70 bits per heavy atom. The highest BCUT2D eigenvalue weighted by atomic mass is 35.5. The number of hydrogen-bond acceptors (Lipinski definition) is 5. The molecule has 0 unspecified atom stereocenters. The molecule has 0 amide bonds. The molecule has 6 nitrogen and oxygen atoms in total. The standard InChI is InChI=1S/C16H16ClF3N4O2S/c17-13-2-1-5-22-15(13)24-8-6-23(7-9-24)14-4-3-11(27(21,25)26)10-12(14)16(18,19)20/h1-5,10H,6-9H2,(H2,21,25,26). The van der Waals surface area contributed by atoms with Gasteiger partial charge >= 0.3 is 6.18 Å². The fourth-order valence-corrected chi connectivity index (χ4v) is 3.75. The first-order valence-electron chi connectivity index (χ1n) is 7.92. The Balaban J connectivity index is 1.87. The predicted octanol–water partition coefficient (Wildman–Crippen LogP) is 2.73. The maximum Gasteiger partial charge on any atom is 0.418 e. The van der Waals surface area contributed by atoms with Crippen LogP contribution in [0.25, 0.3) is 0 Å². The first-order valence-corrected chi connectivity index (χ1v) is 9.84. The second-order valence-corrected chi connectivity index (χ2v) is 7.97. The lowest BCUT2D eigenvalue weighted by Gasteiger charge is -2.38. The van der Waals surface area contributed by atoms with E-state index < -0.39 is 26.7 Å². The molecule has 27 heavy (non-hydrogen) atoms. The van der Waals surface area contributed by atoms with Crippen LogP contribution in [0.15, 0.2) is 41.4 Å². The first kappa shape index (κ1) is 19.7. The van der Waals surface area contributed by atoms with Crippen molar-refractivity contribution in [3.8, 4) is 0 Å². The largest absolute Gasteiger partial charge is 0.418 e. The topological polar surface area (TPSA) is 79.5 Å². The van der Waals surface area contributed by atoms with Crippen LogP contribution in [0.5, 0.6) is 0 Å². The number of anilines is 2. The molecule has 1 saturated heterocycles. The van der Waals surface area contributed by atoms with E-state index in [-0.39, 0.29) is 5.69 Å². The van der Waals surface area contributed by atoms with Gasteiger partial charge in [0.2, 0.25) is 10.0 Å². The molecule has 1 aromatic heterocycles. The Bertz CT molecular complexity index is 945. The SMILES string of the molecule is NS(=O)(=O)c1ccc(N2CCN(c3ncccc3Cl)CC2)c(C(F)(F)F)c1. The molecule has 2 aromatic rings. The molecule has 1 aliphatic rings. The molecular weight excluding hydrogens is 405 g/mol. The van der Waals surface area contributed by atoms with Crippen molar-refractivity contribution >= 4 is 33.1 Å². The number of benzene rings is 1. The van der Waals surface area contributed by atoms with Crippen LogP contribution in [0, 0.1) is 0 Å². The van der Waals surface area contributed by atoms with Crippen molar-refractivity contribution < 1.29 is 21.6 Å². The summed E-state index contributed by atoms with van der Waals surface area (Å²) < 4.78 is 63.2. The Morgan fingerprint density at radius 1 is 1.07 bits per heavy atom. The Morgan fingerprint density at radius 3 is 2.26 bits per heavy atom. The van der Waals surface area contributed by atoms with Crippen LogP contribution in [-0.2, 0) is 16.2 Å². The van der Waals surface area contributed by atoms with Gasteiger partial charge in [0, 0.05) is 38.1 Å². The number of hydrogen-bond donors (Lipinski definition) is 1.